The van der Waals surface area contributed by atoms with Crippen molar-refractivity contribution in [3.63, 3.8) is 0 Å². The van der Waals surface area contributed by atoms with Crippen molar-refractivity contribution in [2.24, 2.45) is 0 Å². The Balaban J connectivity index is 1.71. The number of nitrogens with zero attached hydrogens (tertiary/aromatic N) is 1. The molecule has 0 saturated carbocycles. The third-order valence-corrected chi connectivity index (χ3v) is 4.50. The molecule has 2 N–H and O–H groups in total. The first-order chi connectivity index (χ1) is 14.0. The maximum atomic E-state index is 12.2. The van der Waals surface area contributed by atoms with Crippen molar-refractivity contribution in [1.82, 2.24) is 15.3 Å². The number of aromatic amines is 1. The minimum atomic E-state index is -0.584. The zero-order chi connectivity index (χ0) is 20.8. The average molecular weight is 393 g/mol. The number of ether oxygens (including phenoxy) is 2. The number of aryl methyl sites for hydroxylation is 2. The molecule has 0 radical (unpaired) electrons. The van der Waals surface area contributed by atoms with Crippen molar-refractivity contribution in [1.29, 1.82) is 0 Å². The van der Waals surface area contributed by atoms with Crippen molar-refractivity contribution >= 4 is 6.09 Å². The van der Waals surface area contributed by atoms with E-state index in [1.165, 1.54) is 6.20 Å². The van der Waals surface area contributed by atoms with Gasteiger partial charge >= 0.3 is 6.09 Å². The van der Waals surface area contributed by atoms with Crippen LogP contribution in [0.1, 0.15) is 23.7 Å². The summed E-state index contributed by atoms with van der Waals surface area (Å²) in [5.74, 6) is 1.03. The zero-order valence-corrected chi connectivity index (χ0v) is 16.6. The molecule has 2 aromatic heterocycles. The van der Waals surface area contributed by atoms with Gasteiger partial charge in [0.15, 0.2) is 5.75 Å². The number of hydrogen-bond acceptors (Lipinski definition) is 5. The Morgan fingerprint density at radius 3 is 2.76 bits per heavy atom. The molecular weight excluding hydrogens is 370 g/mol. The predicted molar refractivity (Wildman–Crippen MR) is 110 cm³/mol. The van der Waals surface area contributed by atoms with Crippen molar-refractivity contribution in [2.75, 3.05) is 7.11 Å². The fourth-order valence-electron chi connectivity index (χ4n) is 2.95. The van der Waals surface area contributed by atoms with Gasteiger partial charge in [0.25, 0.3) is 5.56 Å². The van der Waals surface area contributed by atoms with E-state index in [1.807, 2.05) is 44.2 Å². The SMILES string of the molecule is CCc1cc(-c2cncc(OC(=O)NCc3cccc(OC)c3)c2)c(C)[nH]c1=O. The Bertz CT molecular complexity index is 1080. The van der Waals surface area contributed by atoms with Crippen LogP contribution in [0.5, 0.6) is 11.5 Å². The van der Waals surface area contributed by atoms with Crippen LogP contribution in [0.25, 0.3) is 11.1 Å². The van der Waals surface area contributed by atoms with Crippen molar-refractivity contribution in [3.05, 3.63) is 76.0 Å². The zero-order valence-electron chi connectivity index (χ0n) is 16.6. The summed E-state index contributed by atoms with van der Waals surface area (Å²) in [4.78, 5) is 31.1. The number of amides is 1. The second kappa shape index (κ2) is 9.05. The van der Waals surface area contributed by atoms with Gasteiger partial charge in [-0.2, -0.15) is 0 Å². The van der Waals surface area contributed by atoms with Gasteiger partial charge in [-0.05, 0) is 43.2 Å². The first-order valence-electron chi connectivity index (χ1n) is 9.27. The Hall–Kier alpha value is -3.61. The first-order valence-corrected chi connectivity index (χ1v) is 9.27. The molecule has 0 aliphatic rings. The van der Waals surface area contributed by atoms with Crippen LogP contribution in [0.2, 0.25) is 0 Å². The molecule has 29 heavy (non-hydrogen) atoms. The topological polar surface area (TPSA) is 93.3 Å². The van der Waals surface area contributed by atoms with Crippen molar-refractivity contribution < 1.29 is 14.3 Å². The second-order valence-corrected chi connectivity index (χ2v) is 6.52. The highest BCUT2D eigenvalue weighted by Crippen LogP contribution is 2.25. The van der Waals surface area contributed by atoms with E-state index in [-0.39, 0.29) is 5.56 Å². The normalized spacial score (nSPS) is 10.4. The highest BCUT2D eigenvalue weighted by atomic mass is 16.6. The molecule has 2 heterocycles. The second-order valence-electron chi connectivity index (χ2n) is 6.52. The third kappa shape index (κ3) is 5.01. The summed E-state index contributed by atoms with van der Waals surface area (Å²) in [5.41, 5.74) is 3.82. The van der Waals surface area contributed by atoms with Crippen LogP contribution in [0.15, 0.2) is 53.6 Å². The lowest BCUT2D eigenvalue weighted by Gasteiger charge is -2.10. The number of pyridine rings is 2. The molecular formula is C22H23N3O4. The van der Waals surface area contributed by atoms with E-state index in [2.05, 4.69) is 15.3 Å². The number of methoxy groups -OCH3 is 1. The van der Waals surface area contributed by atoms with E-state index in [9.17, 15) is 9.59 Å². The van der Waals surface area contributed by atoms with Gasteiger partial charge < -0.3 is 19.8 Å². The molecule has 1 amide bonds. The number of benzene rings is 1. The number of H-pyrrole nitrogens is 1. The van der Waals surface area contributed by atoms with Gasteiger partial charge in [-0.25, -0.2) is 4.79 Å². The van der Waals surface area contributed by atoms with Crippen LogP contribution in [0.4, 0.5) is 4.79 Å². The number of hydrogen-bond donors (Lipinski definition) is 2. The molecule has 0 atom stereocenters. The average Bonchev–Trinajstić information content (AvgIpc) is 2.73. The molecule has 0 bridgehead atoms. The summed E-state index contributed by atoms with van der Waals surface area (Å²) in [5, 5.41) is 2.70. The molecule has 3 rings (SSSR count). The van der Waals surface area contributed by atoms with Crippen LogP contribution in [0.3, 0.4) is 0 Å². The lowest BCUT2D eigenvalue weighted by atomic mass is 10.0. The van der Waals surface area contributed by atoms with Gasteiger partial charge in [0.2, 0.25) is 0 Å². The maximum absolute atomic E-state index is 12.2. The first kappa shape index (κ1) is 20.1. The lowest BCUT2D eigenvalue weighted by Crippen LogP contribution is -2.26. The number of aromatic nitrogens is 2. The summed E-state index contributed by atoms with van der Waals surface area (Å²) < 4.78 is 10.5. The van der Waals surface area contributed by atoms with Crippen molar-refractivity contribution in [3.8, 4) is 22.6 Å². The molecule has 7 nitrogen and oxygen atoms in total. The molecule has 0 aliphatic carbocycles. The van der Waals surface area contributed by atoms with Gasteiger partial charge in [0.1, 0.15) is 5.75 Å². The fourth-order valence-corrected chi connectivity index (χ4v) is 2.95. The Labute approximate surface area is 168 Å². The van der Waals surface area contributed by atoms with Crippen LogP contribution >= 0.6 is 0 Å². The highest BCUT2D eigenvalue weighted by Gasteiger charge is 2.10. The molecule has 0 aliphatic heterocycles. The van der Waals surface area contributed by atoms with Gasteiger partial charge in [0, 0.05) is 35.1 Å². The largest absolute Gasteiger partial charge is 0.497 e. The highest BCUT2D eigenvalue weighted by molar-refractivity contribution is 5.72. The Kier molecular flexibility index (Phi) is 6.29. The maximum Gasteiger partial charge on any atom is 0.412 e. The van der Waals surface area contributed by atoms with Gasteiger partial charge in [0.05, 0.1) is 13.3 Å². The molecule has 3 aromatic rings. The standard InChI is InChI=1S/C22H23N3O4/c1-4-16-10-20(14(2)25-21(16)26)17-9-19(13-23-12-17)29-22(27)24-11-15-6-5-7-18(8-15)28-3/h5-10,12-13H,4,11H2,1-3H3,(H,24,27)(H,25,26). The van der Waals surface area contributed by atoms with E-state index in [0.717, 1.165) is 28.1 Å². The quantitative estimate of drug-likeness (QED) is 0.667. The molecule has 0 fully saturated rings. The smallest absolute Gasteiger partial charge is 0.412 e. The summed E-state index contributed by atoms with van der Waals surface area (Å²) in [6.45, 7) is 4.06. The Morgan fingerprint density at radius 2 is 2.00 bits per heavy atom. The van der Waals surface area contributed by atoms with Crippen molar-refractivity contribution in [2.45, 2.75) is 26.8 Å². The summed E-state index contributed by atoms with van der Waals surface area (Å²) in [7, 11) is 1.59. The molecule has 0 unspecified atom stereocenters. The van der Waals surface area contributed by atoms with Crippen LogP contribution < -0.4 is 20.3 Å². The van der Waals surface area contributed by atoms with E-state index in [4.69, 9.17) is 9.47 Å². The van der Waals surface area contributed by atoms with E-state index >= 15 is 0 Å². The van der Waals surface area contributed by atoms with Gasteiger partial charge in [-0.1, -0.05) is 19.1 Å². The molecule has 150 valence electrons. The Morgan fingerprint density at radius 1 is 1.17 bits per heavy atom. The summed E-state index contributed by atoms with van der Waals surface area (Å²) >= 11 is 0. The molecule has 0 spiro atoms. The van der Waals surface area contributed by atoms with E-state index in [1.54, 1.807) is 19.4 Å². The predicted octanol–water partition coefficient (Wildman–Crippen LogP) is 3.60. The monoisotopic (exact) mass is 393 g/mol. The molecule has 7 heteroatoms. The summed E-state index contributed by atoms with van der Waals surface area (Å²) in [6, 6.07) is 11.0. The number of carbonyl (C=O) groups is 1. The fraction of sp³-hybridized carbons (Fsp3) is 0.227. The lowest BCUT2D eigenvalue weighted by molar-refractivity contribution is 0.200. The van der Waals surface area contributed by atoms with E-state index in [0.29, 0.717) is 24.3 Å². The van der Waals surface area contributed by atoms with Gasteiger partial charge in [-0.15, -0.1) is 0 Å². The number of carbonyl (C=O) groups excluding carboxylic acids is 1. The van der Waals surface area contributed by atoms with Crippen LogP contribution in [0, 0.1) is 6.92 Å². The molecule has 1 aromatic carbocycles. The van der Waals surface area contributed by atoms with Crippen LogP contribution in [-0.2, 0) is 13.0 Å². The number of rotatable bonds is 6. The molecule has 0 saturated heterocycles. The minimum absolute atomic E-state index is 0.0916. The summed E-state index contributed by atoms with van der Waals surface area (Å²) in [6.07, 6.45) is 3.18. The van der Waals surface area contributed by atoms with Crippen LogP contribution in [-0.4, -0.2) is 23.2 Å². The van der Waals surface area contributed by atoms with Gasteiger partial charge in [-0.3, -0.25) is 9.78 Å². The van der Waals surface area contributed by atoms with E-state index < -0.39 is 6.09 Å². The number of nitrogens with one attached hydrogen (secondary N) is 2. The third-order valence-electron chi connectivity index (χ3n) is 4.50. The minimum Gasteiger partial charge on any atom is -0.497 e.